The first-order valence-corrected chi connectivity index (χ1v) is 6.39. The highest BCUT2D eigenvalue weighted by molar-refractivity contribution is 5.93. The van der Waals surface area contributed by atoms with Crippen molar-refractivity contribution in [2.24, 2.45) is 5.92 Å². The minimum absolute atomic E-state index is 0.0563. The Morgan fingerprint density at radius 3 is 2.72 bits per heavy atom. The molecule has 1 aliphatic heterocycles. The summed E-state index contributed by atoms with van der Waals surface area (Å²) in [5.74, 6) is 0.946. The number of carbonyl (C=O) groups is 1. The summed E-state index contributed by atoms with van der Waals surface area (Å²) in [4.78, 5) is 12.2. The highest BCUT2D eigenvalue weighted by Crippen LogP contribution is 2.20. The van der Waals surface area contributed by atoms with Gasteiger partial charge in [0.25, 0.3) is 0 Å². The van der Waals surface area contributed by atoms with Crippen LogP contribution in [0, 0.1) is 5.92 Å². The lowest BCUT2D eigenvalue weighted by molar-refractivity contribution is -0.121. The number of anilines is 1. The third kappa shape index (κ3) is 3.01. The molecule has 4 heteroatoms. The molecule has 0 aliphatic carbocycles. The number of hydrogen-bond acceptors (Lipinski definition) is 3. The highest BCUT2D eigenvalue weighted by Gasteiger charge is 2.27. The van der Waals surface area contributed by atoms with E-state index >= 15 is 0 Å². The monoisotopic (exact) mass is 248 g/mol. The summed E-state index contributed by atoms with van der Waals surface area (Å²) in [6.07, 6.45) is 2.02. The minimum Gasteiger partial charge on any atom is -0.497 e. The molecule has 1 aromatic rings. The Morgan fingerprint density at radius 1 is 1.39 bits per heavy atom. The van der Waals surface area contributed by atoms with E-state index in [2.05, 4.69) is 17.6 Å². The van der Waals surface area contributed by atoms with Crippen molar-refractivity contribution in [2.75, 3.05) is 19.0 Å². The Morgan fingerprint density at radius 2 is 2.11 bits per heavy atom. The fourth-order valence-corrected chi connectivity index (χ4v) is 2.31. The topological polar surface area (TPSA) is 50.4 Å². The third-order valence-electron chi connectivity index (χ3n) is 3.46. The van der Waals surface area contributed by atoms with Crippen LogP contribution in [-0.4, -0.2) is 25.6 Å². The Kier molecular flexibility index (Phi) is 4.20. The smallest absolute Gasteiger partial charge is 0.229 e. The lowest BCUT2D eigenvalue weighted by Gasteiger charge is -2.28. The fourth-order valence-electron chi connectivity index (χ4n) is 2.31. The van der Waals surface area contributed by atoms with E-state index in [4.69, 9.17) is 4.74 Å². The predicted molar refractivity (Wildman–Crippen MR) is 71.8 cm³/mol. The Hall–Kier alpha value is -1.55. The average molecular weight is 248 g/mol. The molecule has 4 nitrogen and oxygen atoms in total. The zero-order valence-corrected chi connectivity index (χ0v) is 10.9. The second-order valence-corrected chi connectivity index (χ2v) is 4.71. The standard InChI is InChI=1S/C14H20N2O2/c1-10-13(4-3-9-15-10)14(17)16-11-5-7-12(18-2)8-6-11/h5-8,10,13,15H,3-4,9H2,1-2H3,(H,16,17). The van der Waals surface area contributed by atoms with Gasteiger partial charge in [-0.2, -0.15) is 0 Å². The number of piperidine rings is 1. The van der Waals surface area contributed by atoms with Crippen molar-refractivity contribution in [2.45, 2.75) is 25.8 Å². The van der Waals surface area contributed by atoms with Crippen molar-refractivity contribution in [3.63, 3.8) is 0 Å². The molecule has 2 rings (SSSR count). The van der Waals surface area contributed by atoms with Crippen LogP contribution in [0.25, 0.3) is 0 Å². The maximum Gasteiger partial charge on any atom is 0.229 e. The van der Waals surface area contributed by atoms with Gasteiger partial charge in [0.15, 0.2) is 0 Å². The molecule has 0 saturated carbocycles. The van der Waals surface area contributed by atoms with Crippen molar-refractivity contribution in [3.05, 3.63) is 24.3 Å². The number of ether oxygens (including phenoxy) is 1. The molecule has 18 heavy (non-hydrogen) atoms. The number of rotatable bonds is 3. The van der Waals surface area contributed by atoms with Gasteiger partial charge in [0.05, 0.1) is 13.0 Å². The Bertz CT molecular complexity index is 403. The van der Waals surface area contributed by atoms with Crippen LogP contribution in [0.5, 0.6) is 5.75 Å². The second kappa shape index (κ2) is 5.87. The molecule has 0 radical (unpaired) electrons. The maximum absolute atomic E-state index is 12.2. The van der Waals surface area contributed by atoms with Crippen LogP contribution in [0.4, 0.5) is 5.69 Å². The van der Waals surface area contributed by atoms with E-state index in [1.165, 1.54) is 0 Å². The molecule has 1 heterocycles. The first-order chi connectivity index (χ1) is 8.70. The SMILES string of the molecule is COc1ccc(NC(=O)C2CCCNC2C)cc1. The van der Waals surface area contributed by atoms with Gasteiger partial charge in [0.2, 0.25) is 5.91 Å². The molecule has 2 N–H and O–H groups in total. The molecule has 0 spiro atoms. The molecule has 1 aromatic carbocycles. The van der Waals surface area contributed by atoms with E-state index < -0.39 is 0 Å². The molecule has 0 aromatic heterocycles. The van der Waals surface area contributed by atoms with Crippen molar-refractivity contribution >= 4 is 11.6 Å². The molecule has 0 bridgehead atoms. The minimum atomic E-state index is 0.0563. The van der Waals surface area contributed by atoms with E-state index in [1.807, 2.05) is 24.3 Å². The molecule has 1 amide bonds. The maximum atomic E-state index is 12.2. The van der Waals surface area contributed by atoms with E-state index in [1.54, 1.807) is 7.11 Å². The number of methoxy groups -OCH3 is 1. The van der Waals surface area contributed by atoms with Crippen LogP contribution in [0.15, 0.2) is 24.3 Å². The fraction of sp³-hybridized carbons (Fsp3) is 0.500. The van der Waals surface area contributed by atoms with E-state index in [0.29, 0.717) is 0 Å². The van der Waals surface area contributed by atoms with Gasteiger partial charge < -0.3 is 15.4 Å². The van der Waals surface area contributed by atoms with Crippen LogP contribution in [0.1, 0.15) is 19.8 Å². The number of carbonyl (C=O) groups excluding carboxylic acids is 1. The molecular formula is C14H20N2O2. The lowest BCUT2D eigenvalue weighted by atomic mass is 9.91. The molecular weight excluding hydrogens is 228 g/mol. The number of hydrogen-bond donors (Lipinski definition) is 2. The summed E-state index contributed by atoms with van der Waals surface area (Å²) in [7, 11) is 1.63. The largest absolute Gasteiger partial charge is 0.497 e. The Labute approximate surface area is 108 Å². The van der Waals surface area contributed by atoms with Crippen LogP contribution < -0.4 is 15.4 Å². The summed E-state index contributed by atoms with van der Waals surface area (Å²) in [5.41, 5.74) is 0.818. The third-order valence-corrected chi connectivity index (χ3v) is 3.46. The van der Waals surface area contributed by atoms with Gasteiger partial charge in [-0.05, 0) is 50.6 Å². The summed E-state index contributed by atoms with van der Waals surface area (Å²) in [6, 6.07) is 7.66. The Balaban J connectivity index is 1.97. The first-order valence-electron chi connectivity index (χ1n) is 6.39. The van der Waals surface area contributed by atoms with E-state index in [-0.39, 0.29) is 17.9 Å². The van der Waals surface area contributed by atoms with Gasteiger partial charge in [-0.3, -0.25) is 4.79 Å². The van der Waals surface area contributed by atoms with Gasteiger partial charge in [-0.1, -0.05) is 0 Å². The predicted octanol–water partition coefficient (Wildman–Crippen LogP) is 2.02. The van der Waals surface area contributed by atoms with Gasteiger partial charge in [0.1, 0.15) is 5.75 Å². The van der Waals surface area contributed by atoms with E-state index in [0.717, 1.165) is 30.8 Å². The summed E-state index contributed by atoms with van der Waals surface area (Å²) < 4.78 is 5.08. The molecule has 2 atom stereocenters. The zero-order valence-electron chi connectivity index (χ0n) is 10.9. The normalized spacial score (nSPS) is 23.4. The quantitative estimate of drug-likeness (QED) is 0.860. The molecule has 1 saturated heterocycles. The summed E-state index contributed by atoms with van der Waals surface area (Å²) in [5, 5.41) is 6.30. The summed E-state index contributed by atoms with van der Waals surface area (Å²) >= 11 is 0. The van der Waals surface area contributed by atoms with Gasteiger partial charge in [-0.15, -0.1) is 0 Å². The molecule has 2 unspecified atom stereocenters. The van der Waals surface area contributed by atoms with Crippen LogP contribution >= 0.6 is 0 Å². The van der Waals surface area contributed by atoms with Crippen molar-refractivity contribution in [1.82, 2.24) is 5.32 Å². The van der Waals surface area contributed by atoms with Gasteiger partial charge >= 0.3 is 0 Å². The van der Waals surface area contributed by atoms with Crippen LogP contribution in [0.2, 0.25) is 0 Å². The number of nitrogens with one attached hydrogen (secondary N) is 2. The van der Waals surface area contributed by atoms with Crippen molar-refractivity contribution in [1.29, 1.82) is 0 Å². The molecule has 1 aliphatic rings. The highest BCUT2D eigenvalue weighted by atomic mass is 16.5. The van der Waals surface area contributed by atoms with Crippen molar-refractivity contribution < 1.29 is 9.53 Å². The van der Waals surface area contributed by atoms with Gasteiger partial charge in [-0.25, -0.2) is 0 Å². The second-order valence-electron chi connectivity index (χ2n) is 4.71. The van der Waals surface area contributed by atoms with Crippen LogP contribution in [0.3, 0.4) is 0 Å². The number of amides is 1. The van der Waals surface area contributed by atoms with E-state index in [9.17, 15) is 4.79 Å². The zero-order chi connectivity index (χ0) is 13.0. The van der Waals surface area contributed by atoms with Crippen LogP contribution in [-0.2, 0) is 4.79 Å². The van der Waals surface area contributed by atoms with Crippen molar-refractivity contribution in [3.8, 4) is 5.75 Å². The first kappa shape index (κ1) is 12.9. The lowest BCUT2D eigenvalue weighted by Crippen LogP contribution is -2.44. The molecule has 98 valence electrons. The van der Waals surface area contributed by atoms with Gasteiger partial charge in [0, 0.05) is 11.7 Å². The average Bonchev–Trinajstić information content (AvgIpc) is 2.40. The number of benzene rings is 1. The molecule has 1 fully saturated rings. The summed E-state index contributed by atoms with van der Waals surface area (Å²) in [6.45, 7) is 3.07.